The molecule has 8 heteroatoms. The van der Waals surface area contributed by atoms with Gasteiger partial charge in [-0.2, -0.15) is 4.31 Å². The lowest BCUT2D eigenvalue weighted by atomic mass is 10.2. The minimum atomic E-state index is -3.88. The summed E-state index contributed by atoms with van der Waals surface area (Å²) in [7, 11) is 1.23. The third-order valence-corrected chi connectivity index (χ3v) is 5.38. The van der Waals surface area contributed by atoms with Crippen molar-refractivity contribution in [1.82, 2.24) is 9.21 Å². The summed E-state index contributed by atoms with van der Waals surface area (Å²) in [4.78, 5) is 1.50. The number of sulfonamides is 1. The maximum atomic E-state index is 14.2. The van der Waals surface area contributed by atoms with E-state index < -0.39 is 15.8 Å². The van der Waals surface area contributed by atoms with E-state index in [2.05, 4.69) is 15.9 Å². The summed E-state index contributed by atoms with van der Waals surface area (Å²) in [5.41, 5.74) is 0.153. The van der Waals surface area contributed by atoms with Gasteiger partial charge >= 0.3 is 0 Å². The molecule has 0 saturated carbocycles. The molecule has 0 aliphatic heterocycles. The summed E-state index contributed by atoms with van der Waals surface area (Å²) in [5, 5.41) is 0. The molecule has 0 saturated heterocycles. The molecule has 1 aromatic carbocycles. The van der Waals surface area contributed by atoms with E-state index in [-0.39, 0.29) is 22.9 Å². The molecule has 0 heterocycles. The van der Waals surface area contributed by atoms with E-state index in [0.717, 1.165) is 4.31 Å². The van der Waals surface area contributed by atoms with E-state index in [1.165, 1.54) is 19.2 Å². The van der Waals surface area contributed by atoms with Crippen LogP contribution in [-0.2, 0) is 15.9 Å². The Bertz CT molecular complexity index is 581. The second kappa shape index (κ2) is 7.17. The molecule has 0 atom stereocenters. The SMILES string of the molecule is CN(C)CCN(C)S(=O)(=O)c1cc(Br)cc(CCl)c1F. The first-order chi connectivity index (χ1) is 9.20. The van der Waals surface area contributed by atoms with E-state index in [9.17, 15) is 12.8 Å². The fourth-order valence-corrected chi connectivity index (χ4v) is 3.67. The van der Waals surface area contributed by atoms with Gasteiger partial charge in [0.05, 0.1) is 5.88 Å². The van der Waals surface area contributed by atoms with Gasteiger partial charge in [-0.1, -0.05) is 15.9 Å². The van der Waals surface area contributed by atoms with Crippen molar-refractivity contribution in [1.29, 1.82) is 0 Å². The second-order valence-electron chi connectivity index (χ2n) is 4.64. The minimum absolute atomic E-state index is 0.0881. The molecular formula is C12H17BrClFN2O2S. The van der Waals surface area contributed by atoms with Crippen LogP contribution in [0.2, 0.25) is 0 Å². The Morgan fingerprint density at radius 3 is 2.35 bits per heavy atom. The highest BCUT2D eigenvalue weighted by Gasteiger charge is 2.26. The molecule has 0 radical (unpaired) electrons. The van der Waals surface area contributed by atoms with Gasteiger partial charge in [0.1, 0.15) is 10.7 Å². The van der Waals surface area contributed by atoms with Crippen LogP contribution in [-0.4, -0.2) is 51.9 Å². The van der Waals surface area contributed by atoms with Gasteiger partial charge < -0.3 is 4.90 Å². The molecule has 4 nitrogen and oxygen atoms in total. The van der Waals surface area contributed by atoms with Gasteiger partial charge in [-0.15, -0.1) is 11.6 Å². The van der Waals surface area contributed by atoms with Crippen molar-refractivity contribution in [2.75, 3.05) is 34.2 Å². The van der Waals surface area contributed by atoms with Crippen LogP contribution in [0.25, 0.3) is 0 Å². The summed E-state index contributed by atoms with van der Waals surface area (Å²) < 4.78 is 40.6. The normalized spacial score (nSPS) is 12.4. The zero-order valence-electron chi connectivity index (χ0n) is 11.5. The van der Waals surface area contributed by atoms with Crippen molar-refractivity contribution in [2.45, 2.75) is 10.8 Å². The van der Waals surface area contributed by atoms with Crippen LogP contribution >= 0.6 is 27.5 Å². The van der Waals surface area contributed by atoms with Crippen LogP contribution < -0.4 is 0 Å². The molecule has 0 aliphatic rings. The third kappa shape index (κ3) is 4.14. The molecule has 0 fully saturated rings. The van der Waals surface area contributed by atoms with E-state index in [4.69, 9.17) is 11.6 Å². The first-order valence-corrected chi connectivity index (χ1v) is 8.62. The molecular weight excluding hydrogens is 371 g/mol. The number of halogens is 3. The Balaban J connectivity index is 3.18. The van der Waals surface area contributed by atoms with E-state index in [1.807, 2.05) is 19.0 Å². The lowest BCUT2D eigenvalue weighted by molar-refractivity contribution is 0.357. The average Bonchev–Trinajstić information content (AvgIpc) is 2.37. The van der Waals surface area contributed by atoms with E-state index in [0.29, 0.717) is 11.0 Å². The summed E-state index contributed by atoms with van der Waals surface area (Å²) >= 11 is 8.81. The highest BCUT2D eigenvalue weighted by Crippen LogP contribution is 2.27. The first kappa shape index (κ1) is 17.8. The minimum Gasteiger partial charge on any atom is -0.308 e. The molecule has 0 bridgehead atoms. The molecule has 0 N–H and O–H groups in total. The Labute approximate surface area is 132 Å². The van der Waals surface area contributed by atoms with Crippen molar-refractivity contribution in [2.24, 2.45) is 0 Å². The van der Waals surface area contributed by atoms with E-state index >= 15 is 0 Å². The van der Waals surface area contributed by atoms with Crippen LogP contribution in [0.1, 0.15) is 5.56 Å². The van der Waals surface area contributed by atoms with Crippen molar-refractivity contribution in [3.8, 4) is 0 Å². The fraction of sp³-hybridized carbons (Fsp3) is 0.500. The van der Waals surface area contributed by atoms with Crippen LogP contribution in [0, 0.1) is 5.82 Å². The highest BCUT2D eigenvalue weighted by atomic mass is 79.9. The average molecular weight is 388 g/mol. The highest BCUT2D eigenvalue weighted by molar-refractivity contribution is 9.10. The Morgan fingerprint density at radius 1 is 1.25 bits per heavy atom. The second-order valence-corrected chi connectivity index (χ2v) is 7.84. The smallest absolute Gasteiger partial charge is 0.245 e. The Kier molecular flexibility index (Phi) is 6.40. The molecule has 0 unspecified atom stereocenters. The third-order valence-electron chi connectivity index (χ3n) is 2.77. The van der Waals surface area contributed by atoms with Crippen LogP contribution in [0.5, 0.6) is 0 Å². The molecule has 0 spiro atoms. The Morgan fingerprint density at radius 2 is 1.85 bits per heavy atom. The predicted molar refractivity (Wildman–Crippen MR) is 82.0 cm³/mol. The Hall–Kier alpha value is -0.210. The zero-order chi connectivity index (χ0) is 15.5. The summed E-state index contributed by atoms with van der Waals surface area (Å²) in [6.45, 7) is 0.825. The monoisotopic (exact) mass is 386 g/mol. The van der Waals surface area contributed by atoms with Gasteiger partial charge in [0.2, 0.25) is 10.0 Å². The van der Waals surface area contributed by atoms with Crippen molar-refractivity contribution >= 4 is 37.6 Å². The molecule has 1 rings (SSSR count). The molecule has 114 valence electrons. The number of alkyl halides is 1. The van der Waals surface area contributed by atoms with Crippen molar-refractivity contribution in [3.05, 3.63) is 28.0 Å². The number of benzene rings is 1. The quantitative estimate of drug-likeness (QED) is 0.704. The van der Waals surface area contributed by atoms with Gasteiger partial charge in [-0.3, -0.25) is 0 Å². The van der Waals surface area contributed by atoms with Gasteiger partial charge in [-0.05, 0) is 26.2 Å². The molecule has 0 amide bonds. The molecule has 0 aliphatic carbocycles. The number of hydrogen-bond donors (Lipinski definition) is 0. The van der Waals surface area contributed by atoms with Gasteiger partial charge in [0, 0.05) is 30.2 Å². The molecule has 0 aromatic heterocycles. The molecule has 20 heavy (non-hydrogen) atoms. The largest absolute Gasteiger partial charge is 0.308 e. The fourth-order valence-electron chi connectivity index (χ4n) is 1.53. The number of likely N-dealkylation sites (N-methyl/N-ethyl adjacent to an activating group) is 2. The summed E-state index contributed by atoms with van der Waals surface area (Å²) in [5.74, 6) is -0.880. The van der Waals surface area contributed by atoms with Gasteiger partial charge in [-0.25, -0.2) is 12.8 Å². The maximum absolute atomic E-state index is 14.2. The maximum Gasteiger partial charge on any atom is 0.245 e. The first-order valence-electron chi connectivity index (χ1n) is 5.85. The lowest BCUT2D eigenvalue weighted by Gasteiger charge is -2.20. The van der Waals surface area contributed by atoms with Crippen molar-refractivity contribution < 1.29 is 12.8 Å². The molecule has 1 aromatic rings. The standard InChI is InChI=1S/C12H17BrClFN2O2S/c1-16(2)4-5-17(3)20(18,19)11-7-10(13)6-9(8-14)12(11)15/h6-7H,4-5,8H2,1-3H3. The van der Waals surface area contributed by atoms with Crippen LogP contribution in [0.15, 0.2) is 21.5 Å². The lowest BCUT2D eigenvalue weighted by Crippen LogP contribution is -2.34. The van der Waals surface area contributed by atoms with E-state index in [1.54, 1.807) is 0 Å². The van der Waals surface area contributed by atoms with Gasteiger partial charge in [0.15, 0.2) is 0 Å². The van der Waals surface area contributed by atoms with Crippen molar-refractivity contribution in [3.63, 3.8) is 0 Å². The zero-order valence-corrected chi connectivity index (χ0v) is 14.7. The number of rotatable bonds is 6. The summed E-state index contributed by atoms with van der Waals surface area (Å²) in [6.07, 6.45) is 0. The number of hydrogen-bond acceptors (Lipinski definition) is 3. The number of nitrogens with zero attached hydrogens (tertiary/aromatic N) is 2. The summed E-state index contributed by atoms with van der Waals surface area (Å²) in [6, 6.07) is 2.73. The van der Waals surface area contributed by atoms with Crippen LogP contribution in [0.4, 0.5) is 4.39 Å². The predicted octanol–water partition coefficient (Wildman–Crippen LogP) is 2.51. The topological polar surface area (TPSA) is 40.6 Å². The van der Waals surface area contributed by atoms with Gasteiger partial charge in [0.25, 0.3) is 0 Å². The van der Waals surface area contributed by atoms with Crippen LogP contribution in [0.3, 0.4) is 0 Å².